The van der Waals surface area contributed by atoms with E-state index < -0.39 is 29.8 Å². The van der Waals surface area contributed by atoms with E-state index in [9.17, 15) is 22.8 Å². The third kappa shape index (κ3) is 9.02. The molecule has 1 aliphatic heterocycles. The van der Waals surface area contributed by atoms with Gasteiger partial charge in [-0.05, 0) is 84.5 Å². The molecule has 3 aromatic carbocycles. The van der Waals surface area contributed by atoms with E-state index in [0.29, 0.717) is 34.5 Å². The van der Waals surface area contributed by atoms with Crippen LogP contribution >= 0.6 is 23.5 Å². The number of anilines is 1. The quantitative estimate of drug-likeness (QED) is 0.0693. The first-order valence-corrected chi connectivity index (χ1v) is 18.1. The van der Waals surface area contributed by atoms with Gasteiger partial charge in [0.05, 0.1) is 18.5 Å². The molecule has 4 aromatic rings. The molecule has 2 heterocycles. The fourth-order valence-electron chi connectivity index (χ4n) is 5.31. The van der Waals surface area contributed by atoms with Crippen LogP contribution in [0.25, 0.3) is 17.1 Å². The summed E-state index contributed by atoms with van der Waals surface area (Å²) in [6.07, 6.45) is -1.30. The number of benzene rings is 3. The largest absolute Gasteiger partial charge is 0.573 e. The summed E-state index contributed by atoms with van der Waals surface area (Å²) in [4.78, 5) is 41.3. The van der Waals surface area contributed by atoms with Gasteiger partial charge in [-0.1, -0.05) is 62.0 Å². The van der Waals surface area contributed by atoms with Gasteiger partial charge in [-0.3, -0.25) is 9.69 Å². The number of amidine groups is 2. The number of esters is 1. The van der Waals surface area contributed by atoms with E-state index in [1.54, 1.807) is 24.3 Å². The fraction of sp³-hybridized carbons (Fsp3) is 0.333. The first-order chi connectivity index (χ1) is 24.8. The van der Waals surface area contributed by atoms with Gasteiger partial charge in [-0.15, -0.1) is 18.3 Å². The van der Waals surface area contributed by atoms with Gasteiger partial charge in [0.15, 0.2) is 22.2 Å². The number of thioether (sulfide) groups is 2. The van der Waals surface area contributed by atoms with Crippen molar-refractivity contribution in [1.82, 2.24) is 14.8 Å². The number of ether oxygens (including phenoxy) is 2. The van der Waals surface area contributed by atoms with Gasteiger partial charge >= 0.3 is 12.3 Å². The third-order valence-corrected chi connectivity index (χ3v) is 10.2. The number of aryl methyl sites for hydroxylation is 1. The van der Waals surface area contributed by atoms with Crippen LogP contribution in [0.5, 0.6) is 5.75 Å². The summed E-state index contributed by atoms with van der Waals surface area (Å²) in [5, 5.41) is 5.09. The van der Waals surface area contributed by atoms with Crippen molar-refractivity contribution < 1.29 is 36.6 Å². The van der Waals surface area contributed by atoms with E-state index in [1.807, 2.05) is 39.0 Å². The molecule has 52 heavy (non-hydrogen) atoms. The maximum Gasteiger partial charge on any atom is 0.573 e. The fourth-order valence-corrected chi connectivity index (χ4v) is 7.19. The van der Waals surface area contributed by atoms with Gasteiger partial charge in [0.2, 0.25) is 5.50 Å². The number of aromatic nitrogens is 3. The Labute approximate surface area is 305 Å². The maximum absolute atomic E-state index is 15.0. The van der Waals surface area contributed by atoms with Crippen LogP contribution in [-0.4, -0.2) is 67.2 Å². The number of aliphatic imine (C=N–C) groups is 2. The Morgan fingerprint density at radius 2 is 1.79 bits per heavy atom. The number of hydrogen-bond acceptors (Lipinski definition) is 9. The molecule has 2 atom stereocenters. The highest BCUT2D eigenvalue weighted by Crippen LogP contribution is 2.40. The number of carbonyl (C=O) groups excluding carboxylic acids is 2. The zero-order valence-electron chi connectivity index (χ0n) is 28.5. The second kappa shape index (κ2) is 15.5. The lowest BCUT2D eigenvalue weighted by atomic mass is 9.99. The van der Waals surface area contributed by atoms with Gasteiger partial charge in [0.1, 0.15) is 12.1 Å². The second-order valence-electron chi connectivity index (χ2n) is 12.4. The zero-order chi connectivity index (χ0) is 37.2. The normalized spacial score (nSPS) is 18.0. The minimum absolute atomic E-state index is 0.0615. The molecule has 2 fully saturated rings. The van der Waals surface area contributed by atoms with Crippen LogP contribution < -0.4 is 9.64 Å². The second-order valence-corrected chi connectivity index (χ2v) is 14.7. The van der Waals surface area contributed by atoms with Crippen LogP contribution in [0.1, 0.15) is 49.3 Å². The Morgan fingerprint density at radius 1 is 1.08 bits per heavy atom. The molecule has 2 unspecified atom stereocenters. The highest BCUT2D eigenvalue weighted by molar-refractivity contribution is 8.17. The maximum atomic E-state index is 15.0. The van der Waals surface area contributed by atoms with E-state index >= 15 is 4.39 Å². The first kappa shape index (κ1) is 37.1. The number of amides is 1. The van der Waals surface area contributed by atoms with Crippen molar-refractivity contribution in [2.75, 3.05) is 12.0 Å². The average Bonchev–Trinajstić information content (AvgIpc) is 3.69. The monoisotopic (exact) mass is 754 g/mol. The topological polar surface area (TPSA) is 111 Å². The molecule has 1 saturated carbocycles. The SMILES string of the molecule is COC(=O)C(Cc1ccc(-c2ncn(-c3ccc(OC(F)(F)F)cc3)n2)cc1)N=C(N=C1SC(F)C(=O)N1c1cc(C)ccc1C(C)C)SC1CC1. The Bertz CT molecular complexity index is 2000. The van der Waals surface area contributed by atoms with Crippen LogP contribution in [0.15, 0.2) is 83.0 Å². The van der Waals surface area contributed by atoms with Crippen LogP contribution in [0, 0.1) is 6.92 Å². The molecule has 0 radical (unpaired) electrons. The molecular formula is C36H34F4N6O4S2. The van der Waals surface area contributed by atoms with Crippen molar-refractivity contribution in [3.8, 4) is 22.8 Å². The predicted octanol–water partition coefficient (Wildman–Crippen LogP) is 8.03. The number of methoxy groups -OCH3 is 1. The molecule has 1 saturated heterocycles. The molecule has 0 N–H and O–H groups in total. The molecule has 6 rings (SSSR count). The Balaban J connectivity index is 1.24. The summed E-state index contributed by atoms with van der Waals surface area (Å²) in [7, 11) is 1.28. The van der Waals surface area contributed by atoms with Crippen LogP contribution in [0.4, 0.5) is 23.2 Å². The van der Waals surface area contributed by atoms with Gasteiger partial charge in [0.25, 0.3) is 5.91 Å². The average molecular weight is 755 g/mol. The number of hydrogen-bond donors (Lipinski definition) is 0. The summed E-state index contributed by atoms with van der Waals surface area (Å²) < 4.78 is 63.0. The summed E-state index contributed by atoms with van der Waals surface area (Å²) in [5.41, 5.74) is 2.42. The molecule has 272 valence electrons. The molecule has 2 aliphatic rings. The van der Waals surface area contributed by atoms with Crippen molar-refractivity contribution in [3.05, 3.63) is 89.7 Å². The van der Waals surface area contributed by atoms with Crippen molar-refractivity contribution in [1.29, 1.82) is 0 Å². The van der Waals surface area contributed by atoms with E-state index in [0.717, 1.165) is 29.5 Å². The van der Waals surface area contributed by atoms with Crippen LogP contribution in [0.2, 0.25) is 0 Å². The lowest BCUT2D eigenvalue weighted by Crippen LogP contribution is -2.32. The standard InChI is InChI=1S/C36H34F4N6O4S2/c1-20(2)27-16-5-21(3)17-29(27)46-32(47)30(37)52-35(46)43-34(51-26-14-15-26)42-28(33(48)49-4)18-22-6-8-23(9-7-22)31-41-19-45(44-31)24-10-12-25(13-11-24)50-36(38,39)40/h5-13,16-17,19-20,26,28,30H,14-15,18H2,1-4H3. The Morgan fingerprint density at radius 3 is 2.42 bits per heavy atom. The van der Waals surface area contributed by atoms with Crippen LogP contribution in [-0.2, 0) is 20.7 Å². The van der Waals surface area contributed by atoms with Gasteiger partial charge < -0.3 is 9.47 Å². The molecule has 1 amide bonds. The minimum atomic E-state index is -4.79. The molecule has 1 aliphatic carbocycles. The van der Waals surface area contributed by atoms with Crippen molar-refractivity contribution >= 4 is 51.4 Å². The Hall–Kier alpha value is -4.70. The summed E-state index contributed by atoms with van der Waals surface area (Å²) >= 11 is 2.10. The van der Waals surface area contributed by atoms with Crippen molar-refractivity contribution in [2.24, 2.45) is 9.98 Å². The number of carbonyl (C=O) groups is 2. The van der Waals surface area contributed by atoms with E-state index in [-0.39, 0.29) is 33.7 Å². The molecule has 0 spiro atoms. The van der Waals surface area contributed by atoms with Gasteiger partial charge in [-0.2, -0.15) is 4.99 Å². The van der Waals surface area contributed by atoms with E-state index in [2.05, 4.69) is 14.8 Å². The zero-order valence-corrected chi connectivity index (χ0v) is 30.1. The first-order valence-electron chi connectivity index (χ1n) is 16.3. The molecule has 16 heteroatoms. The number of alkyl halides is 4. The minimum Gasteiger partial charge on any atom is -0.467 e. The molecule has 0 bridgehead atoms. The summed E-state index contributed by atoms with van der Waals surface area (Å²) in [6.45, 7) is 5.90. The third-order valence-electron chi connectivity index (χ3n) is 8.06. The van der Waals surface area contributed by atoms with Crippen molar-refractivity contribution in [3.63, 3.8) is 0 Å². The number of nitrogens with zero attached hydrogens (tertiary/aromatic N) is 6. The van der Waals surface area contributed by atoms with Gasteiger partial charge in [0, 0.05) is 17.2 Å². The van der Waals surface area contributed by atoms with Crippen molar-refractivity contribution in [2.45, 2.75) is 69.1 Å². The predicted molar refractivity (Wildman–Crippen MR) is 194 cm³/mol. The molecule has 10 nitrogen and oxygen atoms in total. The number of rotatable bonds is 10. The lowest BCUT2D eigenvalue weighted by molar-refractivity contribution is -0.274. The highest BCUT2D eigenvalue weighted by atomic mass is 32.2. The van der Waals surface area contributed by atoms with E-state index in [4.69, 9.17) is 14.7 Å². The summed E-state index contributed by atoms with van der Waals surface area (Å²) in [5.74, 6) is -1.22. The Kier molecular flexibility index (Phi) is 11.0. The molecule has 1 aromatic heterocycles. The van der Waals surface area contributed by atoms with Crippen LogP contribution in [0.3, 0.4) is 0 Å². The van der Waals surface area contributed by atoms with Gasteiger partial charge in [-0.25, -0.2) is 23.8 Å². The summed E-state index contributed by atoms with van der Waals surface area (Å²) in [6, 6.07) is 17.1. The van der Waals surface area contributed by atoms with E-state index in [1.165, 1.54) is 59.0 Å². The number of halogens is 4. The lowest BCUT2D eigenvalue weighted by Gasteiger charge is -2.22. The smallest absolute Gasteiger partial charge is 0.467 e. The molecular weight excluding hydrogens is 721 g/mol. The highest BCUT2D eigenvalue weighted by Gasteiger charge is 2.41.